The number of benzene rings is 2. The molecule has 2 rings (SSSR count). The van der Waals surface area contributed by atoms with Crippen LogP contribution in [0.15, 0.2) is 48.5 Å². The molecule has 0 radical (unpaired) electrons. The second kappa shape index (κ2) is 7.50. The van der Waals surface area contributed by atoms with E-state index >= 15 is 0 Å². The molecule has 0 aliphatic carbocycles. The van der Waals surface area contributed by atoms with Crippen LogP contribution in [0.2, 0.25) is 0 Å². The Morgan fingerprint density at radius 3 is 2.30 bits per heavy atom. The zero-order valence-electron chi connectivity index (χ0n) is 11.4. The Morgan fingerprint density at radius 1 is 0.950 bits per heavy atom. The van der Waals surface area contributed by atoms with E-state index in [1.165, 1.54) is 12.1 Å². The lowest BCUT2D eigenvalue weighted by atomic mass is 10.2. The third-order valence-electron chi connectivity index (χ3n) is 2.82. The molecule has 0 fully saturated rings. The molecule has 0 aromatic heterocycles. The molecule has 0 spiro atoms. The van der Waals surface area contributed by atoms with Gasteiger partial charge in [-0.1, -0.05) is 12.1 Å². The van der Waals surface area contributed by atoms with Gasteiger partial charge in [0.15, 0.2) is 0 Å². The molecule has 0 aliphatic rings. The first-order valence-corrected chi connectivity index (χ1v) is 6.48. The van der Waals surface area contributed by atoms with Crippen molar-refractivity contribution in [1.29, 1.82) is 0 Å². The molecule has 0 saturated carbocycles. The van der Waals surface area contributed by atoms with E-state index in [9.17, 15) is 4.39 Å². The van der Waals surface area contributed by atoms with Gasteiger partial charge in [-0.2, -0.15) is 0 Å². The summed E-state index contributed by atoms with van der Waals surface area (Å²) in [5.41, 5.74) is 2.03. The molecule has 20 heavy (non-hydrogen) atoms. The third kappa shape index (κ3) is 4.55. The Balaban J connectivity index is 1.82. The average Bonchev–Trinajstić information content (AvgIpc) is 2.48. The predicted molar refractivity (Wildman–Crippen MR) is 77.5 cm³/mol. The van der Waals surface area contributed by atoms with Crippen molar-refractivity contribution in [2.24, 2.45) is 0 Å². The van der Waals surface area contributed by atoms with Crippen LogP contribution in [-0.4, -0.2) is 20.3 Å². The number of ether oxygens (including phenoxy) is 2. The highest BCUT2D eigenvalue weighted by Crippen LogP contribution is 2.16. The number of rotatable bonds is 7. The van der Waals surface area contributed by atoms with Crippen LogP contribution in [0.5, 0.6) is 5.75 Å². The van der Waals surface area contributed by atoms with Gasteiger partial charge in [-0.15, -0.1) is 0 Å². The number of nitrogens with one attached hydrogen (secondary N) is 1. The molecule has 0 bridgehead atoms. The molecule has 106 valence electrons. The van der Waals surface area contributed by atoms with Gasteiger partial charge >= 0.3 is 0 Å². The lowest BCUT2D eigenvalue weighted by Crippen LogP contribution is -2.04. The van der Waals surface area contributed by atoms with Crippen LogP contribution in [0, 0.1) is 5.82 Å². The molecular weight excluding hydrogens is 257 g/mol. The largest absolute Gasteiger partial charge is 0.491 e. The van der Waals surface area contributed by atoms with E-state index in [4.69, 9.17) is 9.47 Å². The van der Waals surface area contributed by atoms with Crippen molar-refractivity contribution in [2.45, 2.75) is 6.54 Å². The molecule has 2 aromatic carbocycles. The predicted octanol–water partition coefficient (Wildman–Crippen LogP) is 3.46. The number of halogens is 1. The van der Waals surface area contributed by atoms with Crippen LogP contribution in [0.1, 0.15) is 5.56 Å². The van der Waals surface area contributed by atoms with Gasteiger partial charge in [-0.05, 0) is 42.0 Å². The summed E-state index contributed by atoms with van der Waals surface area (Å²) in [6.45, 7) is 1.77. The Bertz CT molecular complexity index is 511. The summed E-state index contributed by atoms with van der Waals surface area (Å²) >= 11 is 0. The second-order valence-electron chi connectivity index (χ2n) is 4.35. The monoisotopic (exact) mass is 275 g/mol. The van der Waals surface area contributed by atoms with Crippen molar-refractivity contribution in [3.63, 3.8) is 0 Å². The van der Waals surface area contributed by atoms with E-state index in [1.54, 1.807) is 19.2 Å². The summed E-state index contributed by atoms with van der Waals surface area (Å²) in [4.78, 5) is 0. The van der Waals surface area contributed by atoms with E-state index < -0.39 is 0 Å². The van der Waals surface area contributed by atoms with E-state index in [1.807, 2.05) is 24.3 Å². The summed E-state index contributed by atoms with van der Waals surface area (Å²) in [6, 6.07) is 14.2. The molecule has 4 heteroatoms. The first-order chi connectivity index (χ1) is 9.78. The fourth-order valence-corrected chi connectivity index (χ4v) is 1.72. The minimum Gasteiger partial charge on any atom is -0.491 e. The topological polar surface area (TPSA) is 30.5 Å². The van der Waals surface area contributed by atoms with Crippen LogP contribution in [0.3, 0.4) is 0 Å². The molecule has 2 aromatic rings. The first-order valence-electron chi connectivity index (χ1n) is 6.48. The minimum absolute atomic E-state index is 0.216. The summed E-state index contributed by atoms with van der Waals surface area (Å²) in [7, 11) is 1.64. The van der Waals surface area contributed by atoms with Gasteiger partial charge in [0.25, 0.3) is 0 Å². The number of anilines is 1. The lowest BCUT2D eigenvalue weighted by molar-refractivity contribution is 0.146. The Morgan fingerprint density at radius 2 is 1.65 bits per heavy atom. The van der Waals surface area contributed by atoms with Gasteiger partial charge in [-0.25, -0.2) is 4.39 Å². The molecule has 3 nitrogen and oxygen atoms in total. The van der Waals surface area contributed by atoms with Gasteiger partial charge in [0.05, 0.1) is 6.61 Å². The van der Waals surface area contributed by atoms with Crippen LogP contribution in [-0.2, 0) is 11.3 Å². The highest BCUT2D eigenvalue weighted by molar-refractivity contribution is 5.46. The molecule has 0 saturated heterocycles. The number of methoxy groups -OCH3 is 1. The average molecular weight is 275 g/mol. The van der Waals surface area contributed by atoms with Gasteiger partial charge < -0.3 is 14.8 Å². The maximum absolute atomic E-state index is 12.8. The number of hydrogen-bond donors (Lipinski definition) is 1. The zero-order chi connectivity index (χ0) is 14.2. The van der Waals surface area contributed by atoms with Gasteiger partial charge in [-0.3, -0.25) is 0 Å². The van der Waals surface area contributed by atoms with E-state index in [0.29, 0.717) is 19.8 Å². The van der Waals surface area contributed by atoms with Crippen molar-refractivity contribution >= 4 is 5.69 Å². The molecular formula is C16H18FNO2. The summed E-state index contributed by atoms with van der Waals surface area (Å²) in [5, 5.41) is 3.27. The van der Waals surface area contributed by atoms with Crippen molar-refractivity contribution < 1.29 is 13.9 Å². The minimum atomic E-state index is -0.216. The zero-order valence-corrected chi connectivity index (χ0v) is 11.4. The van der Waals surface area contributed by atoms with Crippen molar-refractivity contribution in [3.05, 3.63) is 59.9 Å². The molecule has 0 unspecified atom stereocenters. The maximum Gasteiger partial charge on any atom is 0.123 e. The van der Waals surface area contributed by atoms with Gasteiger partial charge in [0.2, 0.25) is 0 Å². The Kier molecular flexibility index (Phi) is 5.38. The highest BCUT2D eigenvalue weighted by Gasteiger charge is 1.97. The molecule has 0 aliphatic heterocycles. The summed E-state index contributed by atoms with van der Waals surface area (Å²) < 4.78 is 23.2. The van der Waals surface area contributed by atoms with E-state index in [-0.39, 0.29) is 5.82 Å². The highest BCUT2D eigenvalue weighted by atomic mass is 19.1. The van der Waals surface area contributed by atoms with Crippen molar-refractivity contribution in [3.8, 4) is 5.75 Å². The number of hydrogen-bond acceptors (Lipinski definition) is 3. The van der Waals surface area contributed by atoms with E-state index in [0.717, 1.165) is 17.0 Å². The van der Waals surface area contributed by atoms with E-state index in [2.05, 4.69) is 5.32 Å². The maximum atomic E-state index is 12.8. The smallest absolute Gasteiger partial charge is 0.123 e. The van der Waals surface area contributed by atoms with Crippen molar-refractivity contribution in [1.82, 2.24) is 0 Å². The van der Waals surface area contributed by atoms with Crippen LogP contribution < -0.4 is 10.1 Å². The van der Waals surface area contributed by atoms with Crippen molar-refractivity contribution in [2.75, 3.05) is 25.6 Å². The fraction of sp³-hybridized carbons (Fsp3) is 0.250. The lowest BCUT2D eigenvalue weighted by Gasteiger charge is -2.09. The SMILES string of the molecule is COCCOc1ccc(NCc2ccc(F)cc2)cc1. The second-order valence-corrected chi connectivity index (χ2v) is 4.35. The standard InChI is InChI=1S/C16H18FNO2/c1-19-10-11-20-16-8-6-15(7-9-16)18-12-13-2-4-14(17)5-3-13/h2-9,18H,10-12H2,1H3. The molecule has 0 amide bonds. The Labute approximate surface area is 118 Å². The fourth-order valence-electron chi connectivity index (χ4n) is 1.72. The quantitative estimate of drug-likeness (QED) is 0.785. The third-order valence-corrected chi connectivity index (χ3v) is 2.82. The van der Waals surface area contributed by atoms with Gasteiger partial charge in [0.1, 0.15) is 18.2 Å². The van der Waals surface area contributed by atoms with Crippen LogP contribution in [0.25, 0.3) is 0 Å². The first kappa shape index (κ1) is 14.3. The van der Waals surface area contributed by atoms with Crippen LogP contribution in [0.4, 0.5) is 10.1 Å². The summed E-state index contributed by atoms with van der Waals surface area (Å²) in [6.07, 6.45) is 0. The van der Waals surface area contributed by atoms with Crippen LogP contribution >= 0.6 is 0 Å². The summed E-state index contributed by atoms with van der Waals surface area (Å²) in [5.74, 6) is 0.598. The normalized spacial score (nSPS) is 10.3. The molecule has 0 atom stereocenters. The molecule has 0 heterocycles. The molecule has 1 N–H and O–H groups in total. The Hall–Kier alpha value is -2.07. The van der Waals surface area contributed by atoms with Gasteiger partial charge in [0, 0.05) is 19.3 Å².